The molecule has 0 unspecified atom stereocenters. The molecule has 0 fully saturated rings. The van der Waals surface area contributed by atoms with Crippen molar-refractivity contribution in [2.75, 3.05) is 25.5 Å². The molecule has 0 saturated carbocycles. The number of nitrogens with one attached hydrogen (secondary N) is 1. The second-order valence-corrected chi connectivity index (χ2v) is 6.16. The lowest BCUT2D eigenvalue weighted by molar-refractivity contribution is -0.129. The van der Waals surface area contributed by atoms with E-state index in [-0.39, 0.29) is 11.7 Å². The minimum atomic E-state index is -0.904. The molecule has 0 aliphatic rings. The zero-order valence-electron chi connectivity index (χ0n) is 15.2. The molecule has 2 aromatic carbocycles. The predicted molar refractivity (Wildman–Crippen MR) is 98.8 cm³/mol. The van der Waals surface area contributed by atoms with Crippen molar-refractivity contribution in [3.8, 4) is 0 Å². The van der Waals surface area contributed by atoms with Crippen LogP contribution in [-0.2, 0) is 16.0 Å². The average molecular weight is 358 g/mol. The number of esters is 1. The van der Waals surface area contributed by atoms with Crippen LogP contribution in [0.2, 0.25) is 0 Å². The molecule has 0 radical (unpaired) electrons. The minimum Gasteiger partial charge on any atom is -0.449 e. The predicted octanol–water partition coefficient (Wildman–Crippen LogP) is 2.80. The molecule has 1 N–H and O–H groups in total. The SMILES string of the molecule is C[C@@H](OC(=O)c1cccc(N(C)C)c1)C(=O)NCCc1ccc(F)cc1. The van der Waals surface area contributed by atoms with Crippen molar-refractivity contribution in [2.45, 2.75) is 19.4 Å². The van der Waals surface area contributed by atoms with E-state index in [1.54, 1.807) is 30.3 Å². The van der Waals surface area contributed by atoms with Crippen molar-refractivity contribution >= 4 is 17.6 Å². The molecule has 0 spiro atoms. The molecule has 5 nitrogen and oxygen atoms in total. The van der Waals surface area contributed by atoms with Crippen molar-refractivity contribution in [2.24, 2.45) is 0 Å². The van der Waals surface area contributed by atoms with Crippen molar-refractivity contribution < 1.29 is 18.7 Å². The summed E-state index contributed by atoms with van der Waals surface area (Å²) in [5.41, 5.74) is 2.18. The van der Waals surface area contributed by atoms with Gasteiger partial charge in [0, 0.05) is 26.3 Å². The standard InChI is InChI=1S/C20H23FN2O3/c1-14(19(24)22-12-11-15-7-9-17(21)10-8-15)26-20(25)16-5-4-6-18(13-16)23(2)3/h4-10,13-14H,11-12H2,1-3H3,(H,22,24)/t14-/m1/s1. The minimum absolute atomic E-state index is 0.295. The monoisotopic (exact) mass is 358 g/mol. The highest BCUT2D eigenvalue weighted by atomic mass is 19.1. The number of rotatable bonds is 7. The average Bonchev–Trinajstić information content (AvgIpc) is 2.63. The number of nitrogens with zero attached hydrogens (tertiary/aromatic N) is 1. The van der Waals surface area contributed by atoms with E-state index < -0.39 is 12.1 Å². The topological polar surface area (TPSA) is 58.6 Å². The van der Waals surface area contributed by atoms with E-state index in [1.807, 2.05) is 25.1 Å². The fourth-order valence-electron chi connectivity index (χ4n) is 2.32. The Labute approximate surface area is 152 Å². The first kappa shape index (κ1) is 19.4. The molecule has 0 heterocycles. The maximum Gasteiger partial charge on any atom is 0.338 e. The Balaban J connectivity index is 1.83. The van der Waals surface area contributed by atoms with Gasteiger partial charge in [-0.15, -0.1) is 0 Å². The van der Waals surface area contributed by atoms with Crippen LogP contribution in [0.25, 0.3) is 0 Å². The largest absolute Gasteiger partial charge is 0.449 e. The second-order valence-electron chi connectivity index (χ2n) is 6.16. The third kappa shape index (κ3) is 5.58. The maximum atomic E-state index is 12.9. The van der Waals surface area contributed by atoms with Gasteiger partial charge in [0.1, 0.15) is 5.82 Å². The molecule has 0 aromatic heterocycles. The smallest absolute Gasteiger partial charge is 0.338 e. The molecule has 0 aliphatic carbocycles. The van der Waals surface area contributed by atoms with Crippen LogP contribution in [0.1, 0.15) is 22.8 Å². The first-order chi connectivity index (χ1) is 12.4. The molecular weight excluding hydrogens is 335 g/mol. The van der Waals surface area contributed by atoms with Crippen molar-refractivity contribution in [1.82, 2.24) is 5.32 Å². The number of anilines is 1. The quantitative estimate of drug-likeness (QED) is 0.774. The molecule has 0 aliphatic heterocycles. The lowest BCUT2D eigenvalue weighted by Crippen LogP contribution is -2.36. The fraction of sp³-hybridized carbons (Fsp3) is 0.300. The first-order valence-corrected chi connectivity index (χ1v) is 8.37. The summed E-state index contributed by atoms with van der Waals surface area (Å²) in [6.07, 6.45) is -0.337. The lowest BCUT2D eigenvalue weighted by Gasteiger charge is -2.15. The van der Waals surface area contributed by atoms with Crippen LogP contribution in [0.5, 0.6) is 0 Å². The van der Waals surface area contributed by atoms with E-state index in [4.69, 9.17) is 4.74 Å². The number of halogens is 1. The summed E-state index contributed by atoms with van der Waals surface area (Å²) < 4.78 is 18.1. The molecule has 6 heteroatoms. The lowest BCUT2D eigenvalue weighted by atomic mass is 10.1. The van der Waals surface area contributed by atoms with Crippen LogP contribution < -0.4 is 10.2 Å². The van der Waals surface area contributed by atoms with Crippen molar-refractivity contribution in [1.29, 1.82) is 0 Å². The Morgan fingerprint density at radius 2 is 1.85 bits per heavy atom. The number of benzene rings is 2. The number of ether oxygens (including phenoxy) is 1. The molecule has 2 aromatic rings. The zero-order chi connectivity index (χ0) is 19.1. The van der Waals surface area contributed by atoms with E-state index in [9.17, 15) is 14.0 Å². The Bertz CT molecular complexity index is 760. The van der Waals surface area contributed by atoms with Crippen molar-refractivity contribution in [3.05, 3.63) is 65.5 Å². The third-order valence-corrected chi connectivity index (χ3v) is 3.88. The van der Waals surface area contributed by atoms with E-state index in [0.717, 1.165) is 11.3 Å². The molecule has 26 heavy (non-hydrogen) atoms. The summed E-state index contributed by atoms with van der Waals surface area (Å²) >= 11 is 0. The number of carbonyl (C=O) groups excluding carboxylic acids is 2. The molecule has 0 bridgehead atoms. The van der Waals surface area contributed by atoms with Gasteiger partial charge in [0.2, 0.25) is 0 Å². The Morgan fingerprint density at radius 1 is 1.15 bits per heavy atom. The van der Waals surface area contributed by atoms with Gasteiger partial charge >= 0.3 is 5.97 Å². The van der Waals surface area contributed by atoms with Gasteiger partial charge in [-0.25, -0.2) is 9.18 Å². The van der Waals surface area contributed by atoms with Gasteiger partial charge < -0.3 is 15.0 Å². The molecule has 138 valence electrons. The van der Waals surface area contributed by atoms with E-state index >= 15 is 0 Å². The van der Waals surface area contributed by atoms with Gasteiger partial charge in [0.15, 0.2) is 6.10 Å². The van der Waals surface area contributed by atoms with Crippen LogP contribution in [0.4, 0.5) is 10.1 Å². The summed E-state index contributed by atoms with van der Waals surface area (Å²) in [6, 6.07) is 13.1. The highest BCUT2D eigenvalue weighted by Crippen LogP contribution is 2.14. The van der Waals surface area contributed by atoms with Crippen LogP contribution in [0.15, 0.2) is 48.5 Å². The van der Waals surface area contributed by atoms with Crippen LogP contribution in [0, 0.1) is 5.82 Å². The Morgan fingerprint density at radius 3 is 2.50 bits per heavy atom. The molecule has 1 atom stereocenters. The number of amides is 1. The highest BCUT2D eigenvalue weighted by Gasteiger charge is 2.18. The number of carbonyl (C=O) groups is 2. The molecule has 0 saturated heterocycles. The first-order valence-electron chi connectivity index (χ1n) is 8.37. The summed E-state index contributed by atoms with van der Waals surface area (Å²) in [4.78, 5) is 26.2. The number of hydrogen-bond acceptors (Lipinski definition) is 4. The highest BCUT2D eigenvalue weighted by molar-refractivity contribution is 5.93. The van der Waals surface area contributed by atoms with Gasteiger partial charge in [0.05, 0.1) is 5.56 Å². The normalized spacial score (nSPS) is 11.5. The summed E-state index contributed by atoms with van der Waals surface area (Å²) in [6.45, 7) is 1.91. The van der Waals surface area contributed by atoms with Gasteiger partial charge in [-0.05, 0) is 49.2 Å². The second kappa shape index (κ2) is 8.99. The molecular formula is C20H23FN2O3. The van der Waals surface area contributed by atoms with Crippen LogP contribution in [-0.4, -0.2) is 38.6 Å². The maximum absolute atomic E-state index is 12.9. The van der Waals surface area contributed by atoms with Crippen LogP contribution in [0.3, 0.4) is 0 Å². The van der Waals surface area contributed by atoms with E-state index in [2.05, 4.69) is 5.32 Å². The summed E-state index contributed by atoms with van der Waals surface area (Å²) in [5.74, 6) is -1.21. The van der Waals surface area contributed by atoms with Gasteiger partial charge in [-0.2, -0.15) is 0 Å². The summed E-state index contributed by atoms with van der Waals surface area (Å²) in [7, 11) is 3.75. The summed E-state index contributed by atoms with van der Waals surface area (Å²) in [5, 5.41) is 2.71. The van der Waals surface area contributed by atoms with Crippen molar-refractivity contribution in [3.63, 3.8) is 0 Å². The zero-order valence-corrected chi connectivity index (χ0v) is 15.2. The van der Waals surface area contributed by atoms with Gasteiger partial charge in [0.25, 0.3) is 5.91 Å². The van der Waals surface area contributed by atoms with Crippen LogP contribution >= 0.6 is 0 Å². The van der Waals surface area contributed by atoms with Gasteiger partial charge in [-0.3, -0.25) is 4.79 Å². The fourth-order valence-corrected chi connectivity index (χ4v) is 2.32. The molecule has 1 amide bonds. The third-order valence-electron chi connectivity index (χ3n) is 3.88. The number of hydrogen-bond donors (Lipinski definition) is 1. The Kier molecular flexibility index (Phi) is 6.72. The Hall–Kier alpha value is -2.89. The van der Waals surface area contributed by atoms with E-state index in [1.165, 1.54) is 19.1 Å². The molecule has 2 rings (SSSR count). The van der Waals surface area contributed by atoms with Gasteiger partial charge in [-0.1, -0.05) is 18.2 Å². The van der Waals surface area contributed by atoms with E-state index in [0.29, 0.717) is 18.5 Å².